The summed E-state index contributed by atoms with van der Waals surface area (Å²) in [6.45, 7) is 10.8. The second kappa shape index (κ2) is 8.11. The first kappa shape index (κ1) is 18.2. The Kier molecular flexibility index (Phi) is 5.90. The molecular formula is C21H20O4. The van der Waals surface area contributed by atoms with E-state index in [-0.39, 0.29) is 5.92 Å². The molecule has 0 aromatic heterocycles. The lowest BCUT2D eigenvalue weighted by Crippen LogP contribution is -2.16. The lowest BCUT2D eigenvalue weighted by Gasteiger charge is -2.26. The molecule has 0 radical (unpaired) electrons. The Labute approximate surface area is 147 Å². The summed E-state index contributed by atoms with van der Waals surface area (Å²) in [7, 11) is 0. The third kappa shape index (κ3) is 4.23. The molecule has 1 aromatic carbocycles. The molecule has 0 aliphatic heterocycles. The van der Waals surface area contributed by atoms with Gasteiger partial charge in [-0.2, -0.15) is 0 Å². The zero-order valence-electron chi connectivity index (χ0n) is 14.3. The van der Waals surface area contributed by atoms with Crippen LogP contribution in [0, 0.1) is 0 Å². The number of benzene rings is 1. The fourth-order valence-electron chi connectivity index (χ4n) is 2.58. The fraction of sp³-hybridized carbons (Fsp3) is 0.143. The van der Waals surface area contributed by atoms with Gasteiger partial charge in [-0.15, -0.1) is 0 Å². The number of hydrogen-bond acceptors (Lipinski definition) is 4. The van der Waals surface area contributed by atoms with Crippen molar-refractivity contribution < 1.29 is 19.1 Å². The first-order valence-electron chi connectivity index (χ1n) is 7.81. The first-order chi connectivity index (χ1) is 12.0. The maximum Gasteiger partial charge on any atom is 0.335 e. The smallest absolute Gasteiger partial charge is 0.335 e. The number of carbonyl (C=O) groups excluding carboxylic acids is 2. The van der Waals surface area contributed by atoms with Crippen LogP contribution >= 0.6 is 0 Å². The molecule has 0 bridgehead atoms. The van der Waals surface area contributed by atoms with Gasteiger partial charge in [-0.05, 0) is 31.6 Å². The van der Waals surface area contributed by atoms with Gasteiger partial charge >= 0.3 is 11.9 Å². The molecule has 1 unspecified atom stereocenters. The van der Waals surface area contributed by atoms with E-state index in [0.717, 1.165) is 28.9 Å². The lowest BCUT2D eigenvalue weighted by atomic mass is 9.83. The number of carbonyl (C=O) groups is 2. The number of allylic oxidation sites excluding steroid dienone is 5. The van der Waals surface area contributed by atoms with Crippen molar-refractivity contribution >= 4 is 11.9 Å². The van der Waals surface area contributed by atoms with Crippen LogP contribution in [-0.2, 0) is 14.3 Å². The van der Waals surface area contributed by atoms with E-state index in [0.29, 0.717) is 11.5 Å². The van der Waals surface area contributed by atoms with Gasteiger partial charge in [0.05, 0.1) is 5.92 Å². The predicted molar refractivity (Wildman–Crippen MR) is 96.9 cm³/mol. The quantitative estimate of drug-likeness (QED) is 0.455. The summed E-state index contributed by atoms with van der Waals surface area (Å²) in [6.07, 6.45) is 7.72. The molecule has 128 valence electrons. The molecule has 4 nitrogen and oxygen atoms in total. The molecule has 1 aliphatic rings. The van der Waals surface area contributed by atoms with Crippen molar-refractivity contribution in [3.63, 3.8) is 0 Å². The molecule has 0 saturated heterocycles. The van der Waals surface area contributed by atoms with Crippen molar-refractivity contribution in [3.8, 4) is 5.75 Å². The van der Waals surface area contributed by atoms with Gasteiger partial charge in [0.1, 0.15) is 11.5 Å². The van der Waals surface area contributed by atoms with E-state index in [1.54, 1.807) is 18.2 Å². The molecule has 1 aliphatic carbocycles. The standard InChI is InChI=1S/C21H20O4/c1-5-19(22)24-17-12-8-7-10-16(17)21-15(14(3)4)11-9-13-18(21)25-20(23)6-2/h5-13,21H,1-2H2,3-4H3. The van der Waals surface area contributed by atoms with E-state index in [2.05, 4.69) is 13.2 Å². The fourth-order valence-corrected chi connectivity index (χ4v) is 2.58. The summed E-state index contributed by atoms with van der Waals surface area (Å²) >= 11 is 0. The van der Waals surface area contributed by atoms with Gasteiger partial charge in [0.15, 0.2) is 0 Å². The Morgan fingerprint density at radius 3 is 2.32 bits per heavy atom. The van der Waals surface area contributed by atoms with Crippen LogP contribution in [-0.4, -0.2) is 11.9 Å². The van der Waals surface area contributed by atoms with Crippen LogP contribution in [0.3, 0.4) is 0 Å². The van der Waals surface area contributed by atoms with Crippen LogP contribution < -0.4 is 4.74 Å². The number of para-hydroxylation sites is 1. The Morgan fingerprint density at radius 2 is 1.68 bits per heavy atom. The number of esters is 2. The maximum atomic E-state index is 11.7. The average molecular weight is 336 g/mol. The van der Waals surface area contributed by atoms with Crippen LogP contribution in [0.15, 0.2) is 84.7 Å². The largest absolute Gasteiger partial charge is 0.427 e. The van der Waals surface area contributed by atoms with Gasteiger partial charge in [-0.1, -0.05) is 49.1 Å². The Bertz CT molecular complexity index is 805. The summed E-state index contributed by atoms with van der Waals surface area (Å²) < 4.78 is 10.8. The number of ether oxygens (including phenoxy) is 2. The Morgan fingerprint density at radius 1 is 1.04 bits per heavy atom. The molecule has 0 fully saturated rings. The molecule has 0 spiro atoms. The van der Waals surface area contributed by atoms with Crippen molar-refractivity contribution in [1.29, 1.82) is 0 Å². The summed E-state index contributed by atoms with van der Waals surface area (Å²) in [5, 5.41) is 0. The summed E-state index contributed by atoms with van der Waals surface area (Å²) in [4.78, 5) is 23.4. The minimum absolute atomic E-state index is 0.368. The van der Waals surface area contributed by atoms with E-state index in [1.165, 1.54) is 0 Å². The van der Waals surface area contributed by atoms with Gasteiger partial charge in [0, 0.05) is 17.7 Å². The topological polar surface area (TPSA) is 52.6 Å². The first-order valence-corrected chi connectivity index (χ1v) is 7.81. The highest BCUT2D eigenvalue weighted by atomic mass is 16.5. The summed E-state index contributed by atoms with van der Waals surface area (Å²) in [6, 6.07) is 7.16. The third-order valence-corrected chi connectivity index (χ3v) is 3.70. The van der Waals surface area contributed by atoms with Crippen molar-refractivity contribution in [1.82, 2.24) is 0 Å². The molecule has 0 amide bonds. The predicted octanol–water partition coefficient (Wildman–Crippen LogP) is 4.38. The van der Waals surface area contributed by atoms with Gasteiger partial charge in [-0.25, -0.2) is 9.59 Å². The van der Waals surface area contributed by atoms with Gasteiger partial charge < -0.3 is 9.47 Å². The highest BCUT2D eigenvalue weighted by molar-refractivity contribution is 5.84. The van der Waals surface area contributed by atoms with Gasteiger partial charge in [-0.3, -0.25) is 0 Å². The van der Waals surface area contributed by atoms with E-state index >= 15 is 0 Å². The third-order valence-electron chi connectivity index (χ3n) is 3.70. The normalized spacial score (nSPS) is 15.8. The average Bonchev–Trinajstić information content (AvgIpc) is 2.61. The minimum atomic E-state index is -0.550. The molecule has 1 aromatic rings. The molecule has 0 heterocycles. The molecule has 1 atom stereocenters. The molecule has 0 saturated carbocycles. The van der Waals surface area contributed by atoms with Crippen LogP contribution in [0.5, 0.6) is 5.75 Å². The Hall–Kier alpha value is -3.14. The second-order valence-electron chi connectivity index (χ2n) is 5.60. The van der Waals surface area contributed by atoms with Crippen LogP contribution in [0.2, 0.25) is 0 Å². The zero-order chi connectivity index (χ0) is 18.4. The monoisotopic (exact) mass is 336 g/mol. The van der Waals surface area contributed by atoms with Crippen LogP contribution in [0.25, 0.3) is 0 Å². The van der Waals surface area contributed by atoms with E-state index in [9.17, 15) is 9.59 Å². The zero-order valence-corrected chi connectivity index (χ0v) is 14.3. The maximum absolute atomic E-state index is 11.7. The minimum Gasteiger partial charge on any atom is -0.427 e. The Balaban J connectivity index is 2.56. The van der Waals surface area contributed by atoms with Crippen LogP contribution in [0.4, 0.5) is 0 Å². The SMILES string of the molecule is C=CC(=O)OC1=CC=CC(=C(C)C)C1c1ccccc1OC(=O)C=C. The number of hydrogen-bond donors (Lipinski definition) is 0. The number of rotatable bonds is 5. The van der Waals surface area contributed by atoms with E-state index < -0.39 is 11.9 Å². The van der Waals surface area contributed by atoms with Crippen molar-refractivity contribution in [2.75, 3.05) is 0 Å². The van der Waals surface area contributed by atoms with Gasteiger partial charge in [0.25, 0.3) is 0 Å². The second-order valence-corrected chi connectivity index (χ2v) is 5.60. The van der Waals surface area contributed by atoms with Crippen molar-refractivity contribution in [2.24, 2.45) is 0 Å². The molecule has 4 heteroatoms. The van der Waals surface area contributed by atoms with E-state index in [1.807, 2.05) is 38.1 Å². The lowest BCUT2D eigenvalue weighted by molar-refractivity contribution is -0.134. The van der Waals surface area contributed by atoms with Crippen molar-refractivity contribution in [3.05, 3.63) is 90.3 Å². The van der Waals surface area contributed by atoms with Crippen LogP contribution in [0.1, 0.15) is 25.3 Å². The highest BCUT2D eigenvalue weighted by Gasteiger charge is 2.28. The van der Waals surface area contributed by atoms with Crippen molar-refractivity contribution in [2.45, 2.75) is 19.8 Å². The summed E-state index contributed by atoms with van der Waals surface area (Å²) in [5.74, 6) is -0.614. The molecular weight excluding hydrogens is 316 g/mol. The molecule has 2 rings (SSSR count). The summed E-state index contributed by atoms with van der Waals surface area (Å²) in [5.41, 5.74) is 2.75. The van der Waals surface area contributed by atoms with Gasteiger partial charge in [0.2, 0.25) is 0 Å². The molecule has 0 N–H and O–H groups in total. The van der Waals surface area contributed by atoms with E-state index in [4.69, 9.17) is 9.47 Å². The highest BCUT2D eigenvalue weighted by Crippen LogP contribution is 2.41. The molecule has 25 heavy (non-hydrogen) atoms.